The van der Waals surface area contributed by atoms with Gasteiger partial charge >= 0.3 is 0 Å². The number of benzene rings is 2. The Morgan fingerprint density at radius 3 is 2.59 bits per heavy atom. The second-order valence-corrected chi connectivity index (χ2v) is 6.96. The van der Waals surface area contributed by atoms with E-state index in [1.54, 1.807) is 6.20 Å². The van der Waals surface area contributed by atoms with Gasteiger partial charge in [0.2, 0.25) is 0 Å². The highest BCUT2D eigenvalue weighted by atomic mass is 16.5. The van der Waals surface area contributed by atoms with Crippen molar-refractivity contribution in [3.8, 4) is 11.5 Å². The van der Waals surface area contributed by atoms with Crippen molar-refractivity contribution in [2.45, 2.75) is 19.4 Å². The largest absolute Gasteiger partial charge is 0.457 e. The smallest absolute Gasteiger partial charge is 0.167 e. The zero-order valence-corrected chi connectivity index (χ0v) is 15.2. The van der Waals surface area contributed by atoms with E-state index in [0.717, 1.165) is 55.2 Å². The highest BCUT2D eigenvalue weighted by molar-refractivity contribution is 5.98. The fraction of sp³-hybridized carbons (Fsp3) is 0.273. The number of ether oxygens (including phenoxy) is 1. The predicted molar refractivity (Wildman–Crippen MR) is 104 cm³/mol. The molecule has 1 aromatic heterocycles. The number of Topliss-reactive ketones (excluding diaryl/α,β-unsaturated/α-hetero) is 1. The molecule has 3 aromatic rings. The molecule has 1 unspecified atom stereocenters. The Hall–Kier alpha value is -2.92. The molecule has 27 heavy (non-hydrogen) atoms. The van der Waals surface area contributed by atoms with Crippen LogP contribution in [0, 0.1) is 5.92 Å². The Kier molecular flexibility index (Phi) is 5.30. The molecule has 1 aliphatic heterocycles. The number of rotatable bonds is 6. The number of carbonyl (C=O) groups is 1. The lowest BCUT2D eigenvalue weighted by molar-refractivity contribution is 0.0810. The topological polar surface area (TPSA) is 58.2 Å². The summed E-state index contributed by atoms with van der Waals surface area (Å²) in [5.74, 6) is 1.79. The maximum absolute atomic E-state index is 12.9. The molecule has 0 saturated carbocycles. The van der Waals surface area contributed by atoms with E-state index in [-0.39, 0.29) is 11.7 Å². The Bertz CT molecular complexity index is 860. The van der Waals surface area contributed by atoms with E-state index < -0.39 is 0 Å². The van der Waals surface area contributed by atoms with Gasteiger partial charge in [-0.25, -0.2) is 0 Å². The van der Waals surface area contributed by atoms with Crippen molar-refractivity contribution in [1.29, 1.82) is 0 Å². The van der Waals surface area contributed by atoms with Crippen LogP contribution >= 0.6 is 0 Å². The summed E-state index contributed by atoms with van der Waals surface area (Å²) >= 11 is 0. The number of nitrogens with one attached hydrogen (secondary N) is 1. The molecule has 138 valence electrons. The highest BCUT2D eigenvalue weighted by Gasteiger charge is 2.26. The first-order chi connectivity index (χ1) is 13.3. The standard InChI is InChI=1S/C22H23N3O2/c26-22(18-5-4-14-25(15-18)16-19-12-13-23-24-19)17-8-10-21(11-9-17)27-20-6-2-1-3-7-20/h1-3,6-13,18H,4-5,14-16H2,(H,23,24). The molecule has 1 saturated heterocycles. The molecule has 0 amide bonds. The van der Waals surface area contributed by atoms with Crippen LogP contribution in [0.25, 0.3) is 0 Å². The highest BCUT2D eigenvalue weighted by Crippen LogP contribution is 2.25. The second kappa shape index (κ2) is 8.18. The van der Waals surface area contributed by atoms with Gasteiger partial charge in [0.05, 0.1) is 0 Å². The van der Waals surface area contributed by atoms with Gasteiger partial charge in [0.15, 0.2) is 5.78 Å². The molecule has 2 aromatic carbocycles. The Morgan fingerprint density at radius 2 is 1.85 bits per heavy atom. The van der Waals surface area contributed by atoms with Gasteiger partial charge in [-0.3, -0.25) is 14.8 Å². The van der Waals surface area contributed by atoms with Crippen LogP contribution in [-0.2, 0) is 6.54 Å². The minimum atomic E-state index is 0.0440. The van der Waals surface area contributed by atoms with Crippen LogP contribution in [0.5, 0.6) is 11.5 Å². The number of nitrogens with zero attached hydrogens (tertiary/aromatic N) is 2. The molecular formula is C22H23N3O2. The van der Waals surface area contributed by atoms with E-state index in [1.165, 1.54) is 0 Å². The number of likely N-dealkylation sites (tertiary alicyclic amines) is 1. The first kappa shape index (κ1) is 17.5. The zero-order chi connectivity index (χ0) is 18.5. The van der Waals surface area contributed by atoms with Gasteiger partial charge < -0.3 is 4.74 Å². The third-order valence-corrected chi connectivity index (χ3v) is 4.95. The molecule has 2 heterocycles. The molecule has 0 aliphatic carbocycles. The van der Waals surface area contributed by atoms with Crippen LogP contribution in [0.2, 0.25) is 0 Å². The van der Waals surface area contributed by atoms with Gasteiger partial charge in [0.1, 0.15) is 11.5 Å². The number of piperidine rings is 1. The quantitative estimate of drug-likeness (QED) is 0.665. The first-order valence-electron chi connectivity index (χ1n) is 9.36. The van der Waals surface area contributed by atoms with Crippen LogP contribution in [0.15, 0.2) is 66.9 Å². The summed E-state index contributed by atoms with van der Waals surface area (Å²) in [5, 5.41) is 6.99. The summed E-state index contributed by atoms with van der Waals surface area (Å²) < 4.78 is 5.81. The molecule has 4 rings (SSSR count). The van der Waals surface area contributed by atoms with Gasteiger partial charge in [0.25, 0.3) is 0 Å². The number of hydrogen-bond acceptors (Lipinski definition) is 4. The summed E-state index contributed by atoms with van der Waals surface area (Å²) in [4.78, 5) is 15.3. The number of hydrogen-bond donors (Lipinski definition) is 1. The van der Waals surface area contributed by atoms with Gasteiger partial charge in [-0.05, 0) is 61.9 Å². The lowest BCUT2D eigenvalue weighted by Gasteiger charge is -2.31. The molecular weight excluding hydrogens is 338 g/mol. The van der Waals surface area contributed by atoms with Crippen molar-refractivity contribution >= 4 is 5.78 Å². The van der Waals surface area contributed by atoms with E-state index in [2.05, 4.69) is 15.1 Å². The third-order valence-electron chi connectivity index (χ3n) is 4.95. The number of aromatic nitrogens is 2. The molecule has 0 bridgehead atoms. The lowest BCUT2D eigenvalue weighted by Crippen LogP contribution is -2.38. The Labute approximate surface area is 159 Å². The minimum absolute atomic E-state index is 0.0440. The average Bonchev–Trinajstić information content (AvgIpc) is 3.22. The third kappa shape index (κ3) is 4.44. The summed E-state index contributed by atoms with van der Waals surface area (Å²) in [6.07, 6.45) is 3.75. The first-order valence-corrected chi connectivity index (χ1v) is 9.36. The SMILES string of the molecule is O=C(c1ccc(Oc2ccccc2)cc1)C1CCCN(Cc2ccn[nH]2)C1. The van der Waals surface area contributed by atoms with Crippen molar-refractivity contribution in [3.05, 3.63) is 78.1 Å². The molecule has 0 radical (unpaired) electrons. The summed E-state index contributed by atoms with van der Waals surface area (Å²) in [7, 11) is 0. The molecule has 1 aliphatic rings. The number of ketones is 1. The van der Waals surface area contributed by atoms with Crippen molar-refractivity contribution in [1.82, 2.24) is 15.1 Å². The maximum atomic E-state index is 12.9. The van der Waals surface area contributed by atoms with Crippen LogP contribution in [0.3, 0.4) is 0 Å². The predicted octanol–water partition coefficient (Wildman–Crippen LogP) is 4.30. The van der Waals surface area contributed by atoms with E-state index in [0.29, 0.717) is 0 Å². The zero-order valence-electron chi connectivity index (χ0n) is 15.2. The maximum Gasteiger partial charge on any atom is 0.167 e. The van der Waals surface area contributed by atoms with Crippen LogP contribution in [0.1, 0.15) is 28.9 Å². The number of carbonyl (C=O) groups excluding carboxylic acids is 1. The lowest BCUT2D eigenvalue weighted by atomic mass is 9.90. The molecule has 1 fully saturated rings. The molecule has 1 N–H and O–H groups in total. The average molecular weight is 361 g/mol. The van der Waals surface area contributed by atoms with Gasteiger partial charge in [0, 0.05) is 36.5 Å². The summed E-state index contributed by atoms with van der Waals surface area (Å²) in [6.45, 7) is 2.63. The van der Waals surface area contributed by atoms with Crippen LogP contribution in [0.4, 0.5) is 0 Å². The van der Waals surface area contributed by atoms with Crippen molar-refractivity contribution < 1.29 is 9.53 Å². The van der Waals surface area contributed by atoms with E-state index >= 15 is 0 Å². The van der Waals surface area contributed by atoms with Gasteiger partial charge in [-0.2, -0.15) is 5.10 Å². The van der Waals surface area contributed by atoms with Crippen molar-refractivity contribution in [2.75, 3.05) is 13.1 Å². The van der Waals surface area contributed by atoms with Gasteiger partial charge in [-0.1, -0.05) is 18.2 Å². The Morgan fingerprint density at radius 1 is 1.07 bits per heavy atom. The van der Waals surface area contributed by atoms with Crippen molar-refractivity contribution in [2.24, 2.45) is 5.92 Å². The van der Waals surface area contributed by atoms with Crippen LogP contribution in [-0.4, -0.2) is 34.0 Å². The number of aromatic amines is 1. The van der Waals surface area contributed by atoms with E-state index in [4.69, 9.17) is 4.74 Å². The summed E-state index contributed by atoms with van der Waals surface area (Å²) in [6, 6.07) is 19.1. The number of H-pyrrole nitrogens is 1. The van der Waals surface area contributed by atoms with Gasteiger partial charge in [-0.15, -0.1) is 0 Å². The Balaban J connectivity index is 1.38. The van der Waals surface area contributed by atoms with Crippen LogP contribution < -0.4 is 4.74 Å². The summed E-state index contributed by atoms with van der Waals surface area (Å²) in [5.41, 5.74) is 1.84. The van der Waals surface area contributed by atoms with E-state index in [1.807, 2.05) is 60.7 Å². The molecule has 5 heteroatoms. The fourth-order valence-corrected chi connectivity index (χ4v) is 3.57. The van der Waals surface area contributed by atoms with Crippen molar-refractivity contribution in [3.63, 3.8) is 0 Å². The molecule has 0 spiro atoms. The minimum Gasteiger partial charge on any atom is -0.457 e. The fourth-order valence-electron chi connectivity index (χ4n) is 3.57. The molecule has 1 atom stereocenters. The molecule has 5 nitrogen and oxygen atoms in total. The van der Waals surface area contributed by atoms with E-state index in [9.17, 15) is 4.79 Å². The second-order valence-electron chi connectivity index (χ2n) is 6.96. The number of para-hydroxylation sites is 1. The normalized spacial score (nSPS) is 17.6. The monoisotopic (exact) mass is 361 g/mol.